The summed E-state index contributed by atoms with van der Waals surface area (Å²) in [5, 5.41) is 3.60. The Balaban J connectivity index is 1.98. The first-order valence-electron chi connectivity index (χ1n) is 6.29. The molecule has 0 aromatic heterocycles. The average Bonchev–Trinajstić information content (AvgIpc) is 2.19. The third-order valence-electron chi connectivity index (χ3n) is 3.81. The van der Waals surface area contributed by atoms with Crippen LogP contribution in [0.1, 0.15) is 44.7 Å². The summed E-state index contributed by atoms with van der Waals surface area (Å²) in [6.45, 7) is 4.38. The lowest BCUT2D eigenvalue weighted by molar-refractivity contribution is 0.229. The maximum absolute atomic E-state index is 13.1. The summed E-state index contributed by atoms with van der Waals surface area (Å²) in [5.74, 6) is 0.620. The van der Waals surface area contributed by atoms with Gasteiger partial charge < -0.3 is 5.32 Å². The van der Waals surface area contributed by atoms with Gasteiger partial charge in [-0.2, -0.15) is 0 Å². The molecule has 1 N–H and O–H groups in total. The molecule has 1 aliphatic carbocycles. The van der Waals surface area contributed by atoms with E-state index in [0.717, 1.165) is 11.5 Å². The quantitative estimate of drug-likeness (QED) is 0.867. The second-order valence-corrected chi connectivity index (χ2v) is 5.90. The monoisotopic (exact) mass is 299 g/mol. The van der Waals surface area contributed by atoms with Gasteiger partial charge in [-0.25, -0.2) is 4.39 Å². The van der Waals surface area contributed by atoms with Gasteiger partial charge in [0, 0.05) is 12.1 Å². The zero-order valence-electron chi connectivity index (χ0n) is 10.3. The molecule has 1 aromatic carbocycles. The highest BCUT2D eigenvalue weighted by Crippen LogP contribution is 2.31. The van der Waals surface area contributed by atoms with E-state index < -0.39 is 0 Å². The molecule has 0 aliphatic heterocycles. The fourth-order valence-corrected chi connectivity index (χ4v) is 2.74. The predicted octanol–water partition coefficient (Wildman–Crippen LogP) is 4.43. The van der Waals surface area contributed by atoms with E-state index in [1.807, 2.05) is 12.1 Å². The molecule has 1 saturated carbocycles. The van der Waals surface area contributed by atoms with Crippen molar-refractivity contribution in [1.29, 1.82) is 0 Å². The van der Waals surface area contributed by atoms with Crippen LogP contribution in [0.25, 0.3) is 0 Å². The highest BCUT2D eigenvalue weighted by atomic mass is 79.9. The molecule has 94 valence electrons. The van der Waals surface area contributed by atoms with Crippen LogP contribution in [0.3, 0.4) is 0 Å². The standard InChI is InChI=1S/C14H19BrFN/c1-9(11-4-3-5-11)17-10(2)12-6-7-14(16)13(15)8-12/h6-11,17H,3-5H2,1-2H3. The molecule has 2 rings (SSSR count). The lowest BCUT2D eigenvalue weighted by Gasteiger charge is -2.34. The number of hydrogen-bond donors (Lipinski definition) is 1. The third-order valence-corrected chi connectivity index (χ3v) is 4.42. The van der Waals surface area contributed by atoms with Gasteiger partial charge in [0.1, 0.15) is 5.82 Å². The van der Waals surface area contributed by atoms with Crippen molar-refractivity contribution in [3.63, 3.8) is 0 Å². The van der Waals surface area contributed by atoms with Crippen LogP contribution in [0.4, 0.5) is 4.39 Å². The highest BCUT2D eigenvalue weighted by Gasteiger charge is 2.24. The Kier molecular flexibility index (Phi) is 4.21. The lowest BCUT2D eigenvalue weighted by atomic mass is 9.80. The van der Waals surface area contributed by atoms with Crippen LogP contribution in [0.15, 0.2) is 22.7 Å². The molecule has 1 nitrogen and oxygen atoms in total. The third kappa shape index (κ3) is 3.08. The molecule has 2 unspecified atom stereocenters. The van der Waals surface area contributed by atoms with Crippen molar-refractivity contribution in [3.05, 3.63) is 34.1 Å². The van der Waals surface area contributed by atoms with E-state index in [0.29, 0.717) is 10.5 Å². The van der Waals surface area contributed by atoms with Crippen LogP contribution in [-0.2, 0) is 0 Å². The maximum Gasteiger partial charge on any atom is 0.137 e. The summed E-state index contributed by atoms with van der Waals surface area (Å²) in [6.07, 6.45) is 4.05. The average molecular weight is 300 g/mol. The molecule has 0 heterocycles. The number of rotatable bonds is 4. The van der Waals surface area contributed by atoms with Gasteiger partial charge in [0.2, 0.25) is 0 Å². The molecule has 0 amide bonds. The molecule has 1 fully saturated rings. The van der Waals surface area contributed by atoms with E-state index in [1.54, 1.807) is 0 Å². The smallest absolute Gasteiger partial charge is 0.137 e. The van der Waals surface area contributed by atoms with Gasteiger partial charge in [-0.05, 0) is 66.2 Å². The van der Waals surface area contributed by atoms with E-state index in [-0.39, 0.29) is 11.9 Å². The summed E-state index contributed by atoms with van der Waals surface area (Å²) in [5.41, 5.74) is 1.13. The minimum Gasteiger partial charge on any atom is -0.307 e. The van der Waals surface area contributed by atoms with Crippen LogP contribution in [-0.4, -0.2) is 6.04 Å². The molecule has 3 heteroatoms. The van der Waals surface area contributed by atoms with E-state index in [2.05, 4.69) is 35.1 Å². The molecule has 1 aliphatic rings. The number of halogens is 2. The Labute approximate surface area is 111 Å². The molecular weight excluding hydrogens is 281 g/mol. The Morgan fingerprint density at radius 3 is 2.59 bits per heavy atom. The summed E-state index contributed by atoms with van der Waals surface area (Å²) < 4.78 is 13.7. The lowest BCUT2D eigenvalue weighted by Crippen LogP contribution is -2.38. The van der Waals surface area contributed by atoms with E-state index in [1.165, 1.54) is 25.3 Å². The predicted molar refractivity (Wildman–Crippen MR) is 72.5 cm³/mol. The van der Waals surface area contributed by atoms with Gasteiger partial charge in [-0.3, -0.25) is 0 Å². The van der Waals surface area contributed by atoms with Crippen molar-refractivity contribution in [1.82, 2.24) is 5.32 Å². The van der Waals surface area contributed by atoms with Gasteiger partial charge in [0.15, 0.2) is 0 Å². The van der Waals surface area contributed by atoms with Crippen molar-refractivity contribution in [2.75, 3.05) is 0 Å². The van der Waals surface area contributed by atoms with Crippen molar-refractivity contribution < 1.29 is 4.39 Å². The molecular formula is C14H19BrFN. The van der Waals surface area contributed by atoms with E-state index >= 15 is 0 Å². The number of nitrogens with one attached hydrogen (secondary N) is 1. The fraction of sp³-hybridized carbons (Fsp3) is 0.571. The zero-order valence-corrected chi connectivity index (χ0v) is 11.9. The van der Waals surface area contributed by atoms with Crippen LogP contribution in [0, 0.1) is 11.7 Å². The summed E-state index contributed by atoms with van der Waals surface area (Å²) in [7, 11) is 0. The minimum atomic E-state index is -0.201. The van der Waals surface area contributed by atoms with Crippen molar-refractivity contribution in [3.8, 4) is 0 Å². The Morgan fingerprint density at radius 2 is 2.06 bits per heavy atom. The topological polar surface area (TPSA) is 12.0 Å². The first-order valence-corrected chi connectivity index (χ1v) is 7.08. The van der Waals surface area contributed by atoms with Gasteiger partial charge in [0.05, 0.1) is 4.47 Å². The first kappa shape index (κ1) is 13.0. The second-order valence-electron chi connectivity index (χ2n) is 5.04. The van der Waals surface area contributed by atoms with Crippen molar-refractivity contribution in [2.24, 2.45) is 5.92 Å². The van der Waals surface area contributed by atoms with Crippen LogP contribution >= 0.6 is 15.9 Å². The van der Waals surface area contributed by atoms with E-state index in [4.69, 9.17) is 0 Å². The van der Waals surface area contributed by atoms with Gasteiger partial charge >= 0.3 is 0 Å². The number of benzene rings is 1. The fourth-order valence-electron chi connectivity index (χ4n) is 2.35. The SMILES string of the molecule is CC(NC(C)C1CCC1)c1ccc(F)c(Br)c1. The molecule has 17 heavy (non-hydrogen) atoms. The van der Waals surface area contributed by atoms with Crippen molar-refractivity contribution in [2.45, 2.75) is 45.2 Å². The Morgan fingerprint density at radius 1 is 1.35 bits per heavy atom. The number of hydrogen-bond acceptors (Lipinski definition) is 1. The molecule has 1 aromatic rings. The minimum absolute atomic E-state index is 0.201. The summed E-state index contributed by atoms with van der Waals surface area (Å²) in [4.78, 5) is 0. The summed E-state index contributed by atoms with van der Waals surface area (Å²) >= 11 is 3.23. The van der Waals surface area contributed by atoms with Gasteiger partial charge in [0.25, 0.3) is 0 Å². The van der Waals surface area contributed by atoms with Crippen LogP contribution in [0.5, 0.6) is 0 Å². The van der Waals surface area contributed by atoms with Crippen LogP contribution in [0.2, 0.25) is 0 Å². The van der Waals surface area contributed by atoms with E-state index in [9.17, 15) is 4.39 Å². The Bertz CT molecular complexity index is 390. The largest absolute Gasteiger partial charge is 0.307 e. The molecule has 0 saturated heterocycles. The van der Waals surface area contributed by atoms with Crippen LogP contribution < -0.4 is 5.32 Å². The highest BCUT2D eigenvalue weighted by molar-refractivity contribution is 9.10. The molecule has 0 bridgehead atoms. The van der Waals surface area contributed by atoms with Crippen molar-refractivity contribution >= 4 is 15.9 Å². The second kappa shape index (κ2) is 5.49. The molecule has 2 atom stereocenters. The van der Waals surface area contributed by atoms with Gasteiger partial charge in [-0.15, -0.1) is 0 Å². The normalized spacial score (nSPS) is 19.8. The maximum atomic E-state index is 13.1. The molecule has 0 spiro atoms. The summed E-state index contributed by atoms with van der Waals surface area (Å²) in [6, 6.07) is 6.04. The van der Waals surface area contributed by atoms with Gasteiger partial charge in [-0.1, -0.05) is 12.5 Å². The molecule has 0 radical (unpaired) electrons. The first-order chi connectivity index (χ1) is 8.08. The Hall–Kier alpha value is -0.410. The zero-order chi connectivity index (χ0) is 12.4.